The lowest BCUT2D eigenvalue weighted by atomic mass is 9.64. The van der Waals surface area contributed by atoms with E-state index in [1.807, 2.05) is 0 Å². The second-order valence-corrected chi connectivity index (χ2v) is 6.21. The minimum absolute atomic E-state index is 0.141. The highest BCUT2D eigenvalue weighted by molar-refractivity contribution is 7.89. The third-order valence-corrected chi connectivity index (χ3v) is 4.80. The zero-order valence-corrected chi connectivity index (χ0v) is 10.1. The Bertz CT molecular complexity index is 615. The van der Waals surface area contributed by atoms with Crippen LogP contribution >= 0.6 is 0 Å². The lowest BCUT2D eigenvalue weighted by molar-refractivity contribution is -0.134. The maximum Gasteiger partial charge on any atom is 0.262 e. The number of hydrogen-bond donors (Lipinski definition) is 3. The molecule has 3 fully saturated rings. The number of hydrogen-bond acceptors (Lipinski definition) is 5. The van der Waals surface area contributed by atoms with E-state index in [2.05, 4.69) is 32.0 Å². The fraction of sp³-hybridized carbons (Fsp3) is 0.444. The van der Waals surface area contributed by atoms with Crippen LogP contribution in [0, 0.1) is 5.92 Å². The molecule has 9 heteroatoms. The molecular weight excluding hydrogens is 258 g/mol. The van der Waals surface area contributed by atoms with Gasteiger partial charge in [0.1, 0.15) is 5.54 Å². The van der Waals surface area contributed by atoms with Gasteiger partial charge >= 0.3 is 0 Å². The van der Waals surface area contributed by atoms with Gasteiger partial charge in [-0.3, -0.25) is 9.89 Å². The molecule has 0 spiro atoms. The highest BCUT2D eigenvalue weighted by atomic mass is 32.2. The number of nitrogens with zero attached hydrogens (tertiary/aromatic N) is 2. The van der Waals surface area contributed by atoms with Crippen LogP contribution in [0.3, 0.4) is 0 Å². The molecule has 2 saturated heterocycles. The zero-order chi connectivity index (χ0) is 13.0. The summed E-state index contributed by atoms with van der Waals surface area (Å²) in [5.74, 6) is -0.218. The minimum Gasteiger partial charge on any atom is -0.328 e. The highest BCUT2D eigenvalue weighted by Crippen LogP contribution is 2.45. The van der Waals surface area contributed by atoms with Gasteiger partial charge in [0.15, 0.2) is 0 Å². The van der Waals surface area contributed by atoms with Gasteiger partial charge in [-0.25, -0.2) is 8.42 Å². The monoisotopic (exact) mass is 269 g/mol. The Hall–Kier alpha value is -1.74. The Morgan fingerprint density at radius 1 is 1.50 bits per heavy atom. The number of rotatable bonds is 3. The fourth-order valence-corrected chi connectivity index (χ4v) is 3.58. The van der Waals surface area contributed by atoms with Crippen molar-refractivity contribution >= 4 is 15.9 Å². The molecule has 2 bridgehead atoms. The van der Waals surface area contributed by atoms with Crippen molar-refractivity contribution in [2.75, 3.05) is 0 Å². The smallest absolute Gasteiger partial charge is 0.262 e. The summed E-state index contributed by atoms with van der Waals surface area (Å²) in [7, 11) is -3.83. The SMILES string of the molecule is C=C1NC(=O)C2(NS(=O)(=O)c3c[nH]nn3)CC1C2. The molecule has 18 heavy (non-hydrogen) atoms. The van der Waals surface area contributed by atoms with Gasteiger partial charge in [-0.15, -0.1) is 5.10 Å². The number of fused-ring (bicyclic) bond motifs is 2. The first kappa shape index (κ1) is 11.4. The molecule has 0 aromatic carbocycles. The van der Waals surface area contributed by atoms with E-state index in [0.717, 1.165) is 6.20 Å². The zero-order valence-electron chi connectivity index (χ0n) is 9.30. The highest BCUT2D eigenvalue weighted by Gasteiger charge is 2.57. The number of piperidine rings is 2. The number of sulfonamides is 1. The maximum atomic E-state index is 12.0. The fourth-order valence-electron chi connectivity index (χ4n) is 2.34. The number of H-pyrrole nitrogens is 1. The predicted octanol–water partition coefficient (Wildman–Crippen LogP) is -1.12. The minimum atomic E-state index is -3.83. The van der Waals surface area contributed by atoms with Crippen LogP contribution in [0.4, 0.5) is 0 Å². The predicted molar refractivity (Wildman–Crippen MR) is 59.4 cm³/mol. The van der Waals surface area contributed by atoms with Crippen LogP contribution in [0.25, 0.3) is 0 Å². The van der Waals surface area contributed by atoms with Crippen molar-refractivity contribution in [3.63, 3.8) is 0 Å². The van der Waals surface area contributed by atoms with E-state index in [4.69, 9.17) is 0 Å². The first-order chi connectivity index (χ1) is 8.43. The van der Waals surface area contributed by atoms with E-state index >= 15 is 0 Å². The Morgan fingerprint density at radius 2 is 2.22 bits per heavy atom. The summed E-state index contributed by atoms with van der Waals surface area (Å²) in [6.07, 6.45) is 2.04. The molecule has 3 aliphatic rings. The number of allylic oxidation sites excluding steroid dienone is 1. The number of nitrogens with one attached hydrogen (secondary N) is 3. The standard InChI is InChI=1S/C9H11N5O3S/c1-5-6-2-9(3-6,8(15)11-5)13-18(16,17)7-4-10-14-12-7/h4,6,13H,1-3H2,(H,11,15)(H,10,12,14). The van der Waals surface area contributed by atoms with Gasteiger partial charge in [0.25, 0.3) is 10.0 Å². The van der Waals surface area contributed by atoms with Crippen LogP contribution in [0.2, 0.25) is 0 Å². The summed E-state index contributed by atoms with van der Waals surface area (Å²) in [6.45, 7) is 3.72. The molecule has 3 N–H and O–H groups in total. The number of aromatic nitrogens is 3. The van der Waals surface area contributed by atoms with Crippen LogP contribution in [0.15, 0.2) is 23.5 Å². The number of carbonyl (C=O) groups is 1. The molecule has 96 valence electrons. The van der Waals surface area contributed by atoms with Gasteiger partial charge in [-0.2, -0.15) is 4.72 Å². The second kappa shape index (κ2) is 3.39. The van der Waals surface area contributed by atoms with Crippen molar-refractivity contribution in [1.82, 2.24) is 25.4 Å². The topological polar surface area (TPSA) is 117 Å². The lowest BCUT2D eigenvalue weighted by Crippen LogP contribution is -2.70. The Morgan fingerprint density at radius 3 is 2.78 bits per heavy atom. The maximum absolute atomic E-state index is 12.0. The molecule has 1 aromatic heterocycles. The van der Waals surface area contributed by atoms with Crippen molar-refractivity contribution < 1.29 is 13.2 Å². The van der Waals surface area contributed by atoms with E-state index in [1.165, 1.54) is 0 Å². The van der Waals surface area contributed by atoms with Crippen molar-refractivity contribution in [3.8, 4) is 0 Å². The molecule has 0 unspecified atom stereocenters. The summed E-state index contributed by atoms with van der Waals surface area (Å²) in [5.41, 5.74) is -0.411. The van der Waals surface area contributed by atoms with Crippen LogP contribution in [0.5, 0.6) is 0 Å². The number of carbonyl (C=O) groups excluding carboxylic acids is 1. The normalized spacial score (nSPS) is 30.8. The van der Waals surface area contributed by atoms with Crippen LogP contribution in [0.1, 0.15) is 12.8 Å². The molecule has 1 aromatic rings. The van der Waals surface area contributed by atoms with Crippen LogP contribution < -0.4 is 10.0 Å². The third-order valence-electron chi connectivity index (χ3n) is 3.39. The van der Waals surface area contributed by atoms with Crippen molar-refractivity contribution in [2.45, 2.75) is 23.4 Å². The second-order valence-electron chi connectivity index (χ2n) is 4.58. The molecule has 4 rings (SSSR count). The molecule has 8 nitrogen and oxygen atoms in total. The molecule has 2 aliphatic heterocycles. The van der Waals surface area contributed by atoms with Crippen molar-refractivity contribution in [3.05, 3.63) is 18.5 Å². The van der Waals surface area contributed by atoms with Gasteiger partial charge in [0.2, 0.25) is 10.9 Å². The van der Waals surface area contributed by atoms with E-state index < -0.39 is 15.6 Å². The van der Waals surface area contributed by atoms with E-state index in [1.54, 1.807) is 0 Å². The van der Waals surface area contributed by atoms with Crippen LogP contribution in [-0.2, 0) is 14.8 Å². The van der Waals surface area contributed by atoms with Crippen LogP contribution in [-0.4, -0.2) is 35.3 Å². The Labute approximate surface area is 103 Å². The largest absolute Gasteiger partial charge is 0.328 e. The van der Waals surface area contributed by atoms with Gasteiger partial charge in [-0.1, -0.05) is 11.8 Å². The number of aromatic amines is 1. The first-order valence-electron chi connectivity index (χ1n) is 5.34. The average Bonchev–Trinajstić information content (AvgIpc) is 2.73. The lowest BCUT2D eigenvalue weighted by Gasteiger charge is -2.51. The molecule has 0 radical (unpaired) electrons. The third kappa shape index (κ3) is 1.47. The molecule has 1 amide bonds. The average molecular weight is 269 g/mol. The summed E-state index contributed by atoms with van der Waals surface area (Å²) < 4.78 is 26.4. The van der Waals surface area contributed by atoms with E-state index in [0.29, 0.717) is 18.5 Å². The van der Waals surface area contributed by atoms with Gasteiger partial charge < -0.3 is 5.32 Å². The summed E-state index contributed by atoms with van der Waals surface area (Å²) in [5, 5.41) is 11.5. The number of amides is 1. The molecule has 1 saturated carbocycles. The van der Waals surface area contributed by atoms with Crippen molar-refractivity contribution in [2.24, 2.45) is 5.92 Å². The Balaban J connectivity index is 1.87. The Kier molecular flexibility index (Phi) is 2.14. The summed E-state index contributed by atoms with van der Waals surface area (Å²) in [6, 6.07) is 0. The van der Waals surface area contributed by atoms with Crippen molar-refractivity contribution in [1.29, 1.82) is 0 Å². The quantitative estimate of drug-likeness (QED) is 0.642. The summed E-state index contributed by atoms with van der Waals surface area (Å²) in [4.78, 5) is 11.9. The van der Waals surface area contributed by atoms with E-state index in [-0.39, 0.29) is 16.9 Å². The van der Waals surface area contributed by atoms with Gasteiger partial charge in [0.05, 0.1) is 6.20 Å². The molecular formula is C9H11N5O3S. The summed E-state index contributed by atoms with van der Waals surface area (Å²) >= 11 is 0. The first-order valence-corrected chi connectivity index (χ1v) is 6.82. The van der Waals surface area contributed by atoms with Gasteiger partial charge in [0, 0.05) is 11.6 Å². The van der Waals surface area contributed by atoms with E-state index in [9.17, 15) is 13.2 Å². The molecule has 1 aliphatic carbocycles. The molecule has 0 atom stereocenters. The van der Waals surface area contributed by atoms with Gasteiger partial charge in [-0.05, 0) is 12.8 Å². The molecule has 3 heterocycles.